The van der Waals surface area contributed by atoms with Crippen LogP contribution in [0.5, 0.6) is 5.88 Å². The Balaban J connectivity index is 2.08. The molecule has 5 heteroatoms. The molecule has 1 aromatic heterocycles. The summed E-state index contributed by atoms with van der Waals surface area (Å²) in [6, 6.07) is 0. The number of thiazole rings is 1. The number of ether oxygens (including phenoxy) is 1. The molecule has 2 heterocycles. The van der Waals surface area contributed by atoms with Crippen molar-refractivity contribution in [2.75, 3.05) is 26.7 Å². The molecule has 1 fully saturated rings. The highest BCUT2D eigenvalue weighted by atomic mass is 32.1. The van der Waals surface area contributed by atoms with Gasteiger partial charge in [0.05, 0.1) is 12.0 Å². The second kappa shape index (κ2) is 3.61. The van der Waals surface area contributed by atoms with Crippen molar-refractivity contribution in [3.8, 4) is 5.88 Å². The number of morpholine rings is 1. The number of hydrogen-bond acceptors (Lipinski definition) is 5. The Labute approximate surface area is 80.8 Å². The Bertz CT molecular complexity index is 289. The molecule has 72 valence electrons. The molecule has 4 nitrogen and oxygen atoms in total. The molecule has 1 aliphatic heterocycles. The second-order valence-electron chi connectivity index (χ2n) is 3.17. The van der Waals surface area contributed by atoms with E-state index in [2.05, 4.69) is 16.9 Å². The van der Waals surface area contributed by atoms with Crippen molar-refractivity contribution in [2.24, 2.45) is 0 Å². The number of hydrogen-bond donors (Lipinski definition) is 1. The first-order valence-corrected chi connectivity index (χ1v) is 5.08. The highest BCUT2D eigenvalue weighted by Gasteiger charge is 2.22. The van der Waals surface area contributed by atoms with E-state index in [0.29, 0.717) is 0 Å². The lowest BCUT2D eigenvalue weighted by atomic mass is 10.3. The molecule has 0 amide bonds. The predicted octanol–water partition coefficient (Wildman–Crippen LogP) is 0.852. The van der Waals surface area contributed by atoms with Gasteiger partial charge in [-0.3, -0.25) is 0 Å². The fourth-order valence-corrected chi connectivity index (χ4v) is 2.07. The van der Waals surface area contributed by atoms with Gasteiger partial charge in [0.15, 0.2) is 0 Å². The first-order valence-electron chi connectivity index (χ1n) is 4.20. The van der Waals surface area contributed by atoms with Crippen LogP contribution in [0.4, 0.5) is 0 Å². The molecule has 2 rings (SSSR count). The maximum atomic E-state index is 9.08. The van der Waals surface area contributed by atoms with E-state index in [-0.39, 0.29) is 12.0 Å². The zero-order chi connectivity index (χ0) is 9.26. The van der Waals surface area contributed by atoms with Gasteiger partial charge in [-0.25, -0.2) is 4.98 Å². The summed E-state index contributed by atoms with van der Waals surface area (Å²) in [6.45, 7) is 2.56. The average molecular weight is 200 g/mol. The molecule has 0 aliphatic carbocycles. The van der Waals surface area contributed by atoms with Gasteiger partial charge in [-0.05, 0) is 7.05 Å². The standard InChI is InChI=1S/C8H12N2O2S/c1-10-2-3-12-6(4-10)8-9-7(11)5-13-8/h5-6,11H,2-4H2,1H3. The third-order valence-electron chi connectivity index (χ3n) is 2.05. The van der Waals surface area contributed by atoms with E-state index in [9.17, 15) is 0 Å². The largest absolute Gasteiger partial charge is 0.493 e. The van der Waals surface area contributed by atoms with Crippen molar-refractivity contribution < 1.29 is 9.84 Å². The van der Waals surface area contributed by atoms with Gasteiger partial charge in [0.1, 0.15) is 11.1 Å². The number of nitrogens with zero attached hydrogens (tertiary/aromatic N) is 2. The molecule has 1 atom stereocenters. The highest BCUT2D eigenvalue weighted by Crippen LogP contribution is 2.26. The second-order valence-corrected chi connectivity index (χ2v) is 4.06. The Hall–Kier alpha value is -0.650. The summed E-state index contributed by atoms with van der Waals surface area (Å²) in [5.74, 6) is 0.0943. The molecule has 0 aromatic carbocycles. The highest BCUT2D eigenvalue weighted by molar-refractivity contribution is 7.09. The molecule has 1 unspecified atom stereocenters. The average Bonchev–Trinajstić information content (AvgIpc) is 2.52. The summed E-state index contributed by atoms with van der Waals surface area (Å²) in [5.41, 5.74) is 0. The van der Waals surface area contributed by atoms with E-state index in [1.807, 2.05) is 0 Å². The summed E-state index contributed by atoms with van der Waals surface area (Å²) < 4.78 is 5.54. The third kappa shape index (κ3) is 1.99. The van der Waals surface area contributed by atoms with E-state index in [1.165, 1.54) is 11.3 Å². The van der Waals surface area contributed by atoms with Crippen molar-refractivity contribution in [1.29, 1.82) is 0 Å². The fraction of sp³-hybridized carbons (Fsp3) is 0.625. The van der Waals surface area contributed by atoms with Gasteiger partial charge in [-0.2, -0.15) is 0 Å². The smallest absolute Gasteiger partial charge is 0.222 e. The Kier molecular flexibility index (Phi) is 2.48. The van der Waals surface area contributed by atoms with Gasteiger partial charge in [0.25, 0.3) is 0 Å². The monoisotopic (exact) mass is 200 g/mol. The molecule has 0 radical (unpaired) electrons. The summed E-state index contributed by atoms with van der Waals surface area (Å²) in [7, 11) is 2.06. The SMILES string of the molecule is CN1CCOC(c2nc(O)cs2)C1. The molecule has 1 N–H and O–H groups in total. The first-order chi connectivity index (χ1) is 6.25. The Morgan fingerprint density at radius 2 is 2.62 bits per heavy atom. The van der Waals surface area contributed by atoms with Crippen molar-refractivity contribution >= 4 is 11.3 Å². The molecular formula is C8H12N2O2S. The number of aromatic nitrogens is 1. The van der Waals surface area contributed by atoms with Crippen molar-refractivity contribution in [3.63, 3.8) is 0 Å². The Morgan fingerprint density at radius 1 is 1.77 bits per heavy atom. The van der Waals surface area contributed by atoms with Gasteiger partial charge in [-0.15, -0.1) is 11.3 Å². The maximum Gasteiger partial charge on any atom is 0.222 e. The Morgan fingerprint density at radius 3 is 3.23 bits per heavy atom. The van der Waals surface area contributed by atoms with Crippen LogP contribution in [0.25, 0.3) is 0 Å². The zero-order valence-corrected chi connectivity index (χ0v) is 8.25. The fourth-order valence-electron chi connectivity index (χ4n) is 1.35. The van der Waals surface area contributed by atoms with Crippen LogP contribution >= 0.6 is 11.3 Å². The third-order valence-corrected chi connectivity index (χ3v) is 2.98. The van der Waals surface area contributed by atoms with Crippen LogP contribution in [0.1, 0.15) is 11.1 Å². The summed E-state index contributed by atoms with van der Waals surface area (Å²) in [6.07, 6.45) is 0.0321. The van der Waals surface area contributed by atoms with Gasteiger partial charge >= 0.3 is 0 Å². The van der Waals surface area contributed by atoms with E-state index < -0.39 is 0 Å². The predicted molar refractivity (Wildman–Crippen MR) is 50.0 cm³/mol. The van der Waals surface area contributed by atoms with Crippen LogP contribution in [0.2, 0.25) is 0 Å². The minimum absolute atomic E-state index is 0.0321. The van der Waals surface area contributed by atoms with Crippen LogP contribution < -0.4 is 0 Å². The van der Waals surface area contributed by atoms with Crippen molar-refractivity contribution in [3.05, 3.63) is 10.4 Å². The molecule has 0 spiro atoms. The van der Waals surface area contributed by atoms with E-state index >= 15 is 0 Å². The summed E-state index contributed by atoms with van der Waals surface area (Å²) >= 11 is 1.45. The van der Waals surface area contributed by atoms with Crippen LogP contribution in [0.15, 0.2) is 5.38 Å². The van der Waals surface area contributed by atoms with Crippen LogP contribution in [0, 0.1) is 0 Å². The molecule has 13 heavy (non-hydrogen) atoms. The number of likely N-dealkylation sites (N-methyl/N-ethyl adjacent to an activating group) is 1. The normalized spacial score (nSPS) is 24.8. The quantitative estimate of drug-likeness (QED) is 0.730. The summed E-state index contributed by atoms with van der Waals surface area (Å²) in [4.78, 5) is 6.19. The van der Waals surface area contributed by atoms with Gasteiger partial charge in [-0.1, -0.05) is 0 Å². The van der Waals surface area contributed by atoms with Crippen LogP contribution in [0.3, 0.4) is 0 Å². The van der Waals surface area contributed by atoms with E-state index in [1.54, 1.807) is 5.38 Å². The molecule has 1 aliphatic rings. The first kappa shape index (κ1) is 8.93. The molecule has 0 saturated carbocycles. The topological polar surface area (TPSA) is 45.6 Å². The number of aromatic hydroxyl groups is 1. The van der Waals surface area contributed by atoms with E-state index in [0.717, 1.165) is 24.7 Å². The number of rotatable bonds is 1. The lowest BCUT2D eigenvalue weighted by Gasteiger charge is -2.28. The molecule has 1 aromatic rings. The minimum atomic E-state index is 0.0321. The van der Waals surface area contributed by atoms with Gasteiger partial charge in [0.2, 0.25) is 5.88 Å². The summed E-state index contributed by atoms with van der Waals surface area (Å²) in [5, 5.41) is 11.6. The van der Waals surface area contributed by atoms with E-state index in [4.69, 9.17) is 9.84 Å². The van der Waals surface area contributed by atoms with Crippen molar-refractivity contribution in [1.82, 2.24) is 9.88 Å². The lowest BCUT2D eigenvalue weighted by molar-refractivity contribution is -0.0211. The maximum absolute atomic E-state index is 9.08. The zero-order valence-electron chi connectivity index (χ0n) is 7.43. The lowest BCUT2D eigenvalue weighted by Crippen LogP contribution is -2.35. The molecule has 1 saturated heterocycles. The van der Waals surface area contributed by atoms with Crippen molar-refractivity contribution in [2.45, 2.75) is 6.10 Å². The minimum Gasteiger partial charge on any atom is -0.493 e. The van der Waals surface area contributed by atoms with Crippen LogP contribution in [-0.4, -0.2) is 41.7 Å². The van der Waals surface area contributed by atoms with Crippen LogP contribution in [-0.2, 0) is 4.74 Å². The van der Waals surface area contributed by atoms with Gasteiger partial charge < -0.3 is 14.7 Å². The van der Waals surface area contributed by atoms with Gasteiger partial charge in [0, 0.05) is 13.1 Å². The molecular weight excluding hydrogens is 188 g/mol. The molecule has 0 bridgehead atoms.